The molecule has 2 aliphatic rings. The van der Waals surface area contributed by atoms with Crippen molar-refractivity contribution in [1.29, 1.82) is 0 Å². The number of ether oxygens (including phenoxy) is 2. The number of amides is 2. The van der Waals surface area contributed by atoms with Crippen molar-refractivity contribution in [2.45, 2.75) is 44.8 Å². The molecule has 2 fully saturated rings. The second-order valence-corrected chi connectivity index (χ2v) is 11.4. The molecule has 0 spiro atoms. The standard InChI is InChI=1S/C25H32N4O7S/c1-17-22(30)29(21-7-5-18(6-8-21)26-23(31)36-25(2,3)4)24(37(32,33)34)28(17)20-11-9-19(10-12-20)27-13-15-35-16-14-27/h5-12,17,24H,13-16H2,1-4H3,(H,26,31)(H,32,33,34). The lowest BCUT2D eigenvalue weighted by molar-refractivity contribution is -0.117. The second kappa shape index (κ2) is 10.2. The Kier molecular flexibility index (Phi) is 7.36. The van der Waals surface area contributed by atoms with E-state index in [9.17, 15) is 22.6 Å². The Morgan fingerprint density at radius 2 is 1.54 bits per heavy atom. The zero-order valence-corrected chi connectivity index (χ0v) is 22.1. The maximum atomic E-state index is 13.3. The fraction of sp³-hybridized carbons (Fsp3) is 0.440. The molecule has 2 heterocycles. The van der Waals surface area contributed by atoms with Gasteiger partial charge >= 0.3 is 16.2 Å². The number of carbonyl (C=O) groups excluding carboxylic acids is 2. The van der Waals surface area contributed by atoms with Gasteiger partial charge in [0.05, 0.1) is 13.2 Å². The summed E-state index contributed by atoms with van der Waals surface area (Å²) in [6.45, 7) is 9.58. The molecule has 2 unspecified atom stereocenters. The van der Waals surface area contributed by atoms with Crippen molar-refractivity contribution in [3.63, 3.8) is 0 Å². The summed E-state index contributed by atoms with van der Waals surface area (Å²) in [6.07, 6.45) is -0.645. The Balaban J connectivity index is 1.59. The van der Waals surface area contributed by atoms with Crippen LogP contribution in [0.1, 0.15) is 27.7 Å². The van der Waals surface area contributed by atoms with Gasteiger partial charge in [-0.2, -0.15) is 8.42 Å². The summed E-state index contributed by atoms with van der Waals surface area (Å²) in [4.78, 5) is 29.9. The van der Waals surface area contributed by atoms with Crippen LogP contribution in [-0.2, 0) is 24.4 Å². The highest BCUT2D eigenvalue weighted by molar-refractivity contribution is 7.86. The van der Waals surface area contributed by atoms with Gasteiger partial charge in [-0.15, -0.1) is 0 Å². The summed E-state index contributed by atoms with van der Waals surface area (Å²) in [7, 11) is -4.73. The van der Waals surface area contributed by atoms with Gasteiger partial charge in [-0.1, -0.05) is 0 Å². The van der Waals surface area contributed by atoms with Gasteiger partial charge in [0.25, 0.3) is 5.91 Å². The summed E-state index contributed by atoms with van der Waals surface area (Å²) >= 11 is 0. The number of hydrogen-bond donors (Lipinski definition) is 2. The van der Waals surface area contributed by atoms with E-state index in [4.69, 9.17) is 9.47 Å². The van der Waals surface area contributed by atoms with Gasteiger partial charge < -0.3 is 19.3 Å². The van der Waals surface area contributed by atoms with E-state index in [2.05, 4.69) is 10.2 Å². The Bertz CT molecular complexity index is 1240. The van der Waals surface area contributed by atoms with Crippen LogP contribution < -0.4 is 20.0 Å². The Hall–Kier alpha value is -3.35. The third-order valence-corrected chi connectivity index (χ3v) is 7.02. The molecular formula is C25H32N4O7S. The number of nitrogens with zero attached hydrogens (tertiary/aromatic N) is 3. The summed E-state index contributed by atoms with van der Waals surface area (Å²) in [5.41, 5.74) is -0.244. The zero-order valence-electron chi connectivity index (χ0n) is 21.2. The molecule has 2 saturated heterocycles. The molecule has 0 aromatic heterocycles. The molecule has 11 nitrogen and oxygen atoms in total. The van der Waals surface area contributed by atoms with E-state index < -0.39 is 39.3 Å². The molecule has 2 aromatic rings. The smallest absolute Gasteiger partial charge is 0.412 e. The molecule has 2 amide bonds. The van der Waals surface area contributed by atoms with Crippen LogP contribution in [0.5, 0.6) is 0 Å². The van der Waals surface area contributed by atoms with E-state index in [1.54, 1.807) is 39.8 Å². The largest absolute Gasteiger partial charge is 0.444 e. The number of anilines is 4. The van der Waals surface area contributed by atoms with Gasteiger partial charge in [0.15, 0.2) is 0 Å². The summed E-state index contributed by atoms with van der Waals surface area (Å²) < 4.78 is 46.0. The first-order valence-electron chi connectivity index (χ1n) is 12.0. The van der Waals surface area contributed by atoms with Gasteiger partial charge in [0.2, 0.25) is 5.50 Å². The Morgan fingerprint density at radius 3 is 2.08 bits per heavy atom. The van der Waals surface area contributed by atoms with Gasteiger partial charge in [-0.25, -0.2) is 4.79 Å². The average molecular weight is 533 g/mol. The molecule has 200 valence electrons. The highest BCUT2D eigenvalue weighted by Gasteiger charge is 2.51. The molecule has 0 aliphatic carbocycles. The predicted molar refractivity (Wildman–Crippen MR) is 141 cm³/mol. The summed E-state index contributed by atoms with van der Waals surface area (Å²) in [6, 6.07) is 12.4. The minimum absolute atomic E-state index is 0.252. The van der Waals surface area contributed by atoms with Gasteiger partial charge in [-0.05, 0) is 76.2 Å². The molecule has 37 heavy (non-hydrogen) atoms. The first kappa shape index (κ1) is 26.7. The van der Waals surface area contributed by atoms with E-state index in [0.717, 1.165) is 23.7 Å². The molecular weight excluding hydrogens is 500 g/mol. The normalized spacial score (nSPS) is 20.8. The molecule has 2 N–H and O–H groups in total. The van der Waals surface area contributed by atoms with Gasteiger partial charge in [0, 0.05) is 35.8 Å². The van der Waals surface area contributed by atoms with Crippen LogP contribution in [0.15, 0.2) is 48.5 Å². The first-order valence-corrected chi connectivity index (χ1v) is 13.5. The lowest BCUT2D eigenvalue weighted by Crippen LogP contribution is -2.46. The molecule has 12 heteroatoms. The summed E-state index contributed by atoms with van der Waals surface area (Å²) in [5, 5.41) is 2.59. The number of carbonyl (C=O) groups is 2. The number of rotatable bonds is 5. The number of hydrogen-bond acceptors (Lipinski definition) is 8. The zero-order chi connectivity index (χ0) is 27.0. The topological polar surface area (TPSA) is 129 Å². The monoisotopic (exact) mass is 532 g/mol. The van der Waals surface area contributed by atoms with Crippen LogP contribution in [0.3, 0.4) is 0 Å². The van der Waals surface area contributed by atoms with Crippen molar-refractivity contribution in [2.75, 3.05) is 46.3 Å². The highest BCUT2D eigenvalue weighted by atomic mass is 32.2. The Morgan fingerprint density at radius 1 is 1.00 bits per heavy atom. The molecule has 2 aliphatic heterocycles. The minimum Gasteiger partial charge on any atom is -0.444 e. The summed E-state index contributed by atoms with van der Waals surface area (Å²) in [5.74, 6) is -0.493. The molecule has 0 saturated carbocycles. The van der Waals surface area contributed by atoms with Crippen LogP contribution in [0, 0.1) is 0 Å². The van der Waals surface area contributed by atoms with Crippen molar-refractivity contribution < 1.29 is 32.0 Å². The average Bonchev–Trinajstić information content (AvgIpc) is 3.10. The number of benzene rings is 2. The molecule has 0 radical (unpaired) electrons. The van der Waals surface area contributed by atoms with Crippen LogP contribution in [0.2, 0.25) is 0 Å². The van der Waals surface area contributed by atoms with E-state index >= 15 is 0 Å². The predicted octanol–water partition coefficient (Wildman–Crippen LogP) is 3.28. The van der Waals surface area contributed by atoms with Crippen LogP contribution in [0.25, 0.3) is 0 Å². The SMILES string of the molecule is CC1C(=O)N(c2ccc(NC(=O)OC(C)(C)C)cc2)C(S(=O)(=O)O)N1c1ccc(N2CCOCC2)cc1. The van der Waals surface area contributed by atoms with Crippen LogP contribution >= 0.6 is 0 Å². The fourth-order valence-corrected chi connectivity index (χ4v) is 5.49. The fourth-order valence-electron chi connectivity index (χ4n) is 4.41. The van der Waals surface area contributed by atoms with E-state index in [1.165, 1.54) is 29.2 Å². The van der Waals surface area contributed by atoms with E-state index in [-0.39, 0.29) is 5.69 Å². The van der Waals surface area contributed by atoms with Crippen LogP contribution in [-0.4, -0.2) is 68.4 Å². The highest BCUT2D eigenvalue weighted by Crippen LogP contribution is 2.36. The molecule has 0 bridgehead atoms. The third kappa shape index (κ3) is 5.97. The van der Waals surface area contributed by atoms with Crippen molar-refractivity contribution in [3.8, 4) is 0 Å². The third-order valence-electron chi connectivity index (χ3n) is 6.05. The van der Waals surface area contributed by atoms with E-state index in [0.29, 0.717) is 24.6 Å². The van der Waals surface area contributed by atoms with Crippen molar-refractivity contribution in [1.82, 2.24) is 0 Å². The lowest BCUT2D eigenvalue weighted by atomic mass is 10.2. The van der Waals surface area contributed by atoms with Gasteiger partial charge in [0.1, 0.15) is 11.6 Å². The van der Waals surface area contributed by atoms with Crippen LogP contribution in [0.4, 0.5) is 27.5 Å². The maximum absolute atomic E-state index is 13.3. The molecule has 2 aromatic carbocycles. The maximum Gasteiger partial charge on any atom is 0.412 e. The number of nitrogens with one attached hydrogen (secondary N) is 1. The molecule has 4 rings (SSSR count). The quantitative estimate of drug-likeness (QED) is 0.558. The first-order chi connectivity index (χ1) is 17.3. The second-order valence-electron chi connectivity index (χ2n) is 9.92. The van der Waals surface area contributed by atoms with E-state index in [1.807, 2.05) is 12.1 Å². The van der Waals surface area contributed by atoms with Crippen molar-refractivity contribution in [3.05, 3.63) is 48.5 Å². The Labute approximate surface area is 216 Å². The molecule has 2 atom stereocenters. The van der Waals surface area contributed by atoms with Crippen molar-refractivity contribution >= 4 is 44.9 Å². The number of morpholine rings is 1. The van der Waals surface area contributed by atoms with Gasteiger partial charge in [-0.3, -0.25) is 19.6 Å². The minimum atomic E-state index is -4.73. The van der Waals surface area contributed by atoms with Crippen molar-refractivity contribution in [2.24, 2.45) is 0 Å². The lowest BCUT2D eigenvalue weighted by Gasteiger charge is -2.31.